The SMILES string of the molecule is CCC=Cc1cc(C2OCCCO2)ccc1Br. The zero-order valence-electron chi connectivity index (χ0n) is 9.99. The molecule has 1 fully saturated rings. The van der Waals surface area contributed by atoms with E-state index in [1.165, 1.54) is 5.56 Å². The van der Waals surface area contributed by atoms with E-state index in [2.05, 4.69) is 41.1 Å². The highest BCUT2D eigenvalue weighted by atomic mass is 79.9. The van der Waals surface area contributed by atoms with Crippen LogP contribution < -0.4 is 0 Å². The van der Waals surface area contributed by atoms with Gasteiger partial charge in [0.1, 0.15) is 0 Å². The van der Waals surface area contributed by atoms with Gasteiger partial charge in [0, 0.05) is 10.0 Å². The zero-order valence-corrected chi connectivity index (χ0v) is 11.6. The zero-order chi connectivity index (χ0) is 12.1. The third-order valence-electron chi connectivity index (χ3n) is 2.65. The van der Waals surface area contributed by atoms with Crippen LogP contribution in [0.1, 0.15) is 37.2 Å². The van der Waals surface area contributed by atoms with Gasteiger partial charge in [-0.15, -0.1) is 0 Å². The summed E-state index contributed by atoms with van der Waals surface area (Å²) in [6, 6.07) is 6.21. The van der Waals surface area contributed by atoms with Crippen LogP contribution in [0.15, 0.2) is 28.7 Å². The summed E-state index contributed by atoms with van der Waals surface area (Å²) >= 11 is 3.55. The van der Waals surface area contributed by atoms with E-state index in [-0.39, 0.29) is 6.29 Å². The van der Waals surface area contributed by atoms with Crippen molar-refractivity contribution < 1.29 is 9.47 Å². The number of halogens is 1. The van der Waals surface area contributed by atoms with Gasteiger partial charge in [-0.3, -0.25) is 0 Å². The van der Waals surface area contributed by atoms with Gasteiger partial charge in [0.15, 0.2) is 6.29 Å². The van der Waals surface area contributed by atoms with Crippen LogP contribution in [0.2, 0.25) is 0 Å². The average molecular weight is 297 g/mol. The van der Waals surface area contributed by atoms with E-state index in [9.17, 15) is 0 Å². The molecule has 1 aromatic carbocycles. The Hall–Kier alpha value is -0.640. The van der Waals surface area contributed by atoms with E-state index in [0.29, 0.717) is 0 Å². The predicted molar refractivity (Wildman–Crippen MR) is 72.7 cm³/mol. The van der Waals surface area contributed by atoms with Gasteiger partial charge in [0.05, 0.1) is 13.2 Å². The molecule has 2 nitrogen and oxygen atoms in total. The van der Waals surface area contributed by atoms with Crippen LogP contribution in [0.25, 0.3) is 6.08 Å². The maximum Gasteiger partial charge on any atom is 0.183 e. The number of hydrogen-bond donors (Lipinski definition) is 0. The Kier molecular flexibility index (Phi) is 4.77. The van der Waals surface area contributed by atoms with Gasteiger partial charge in [-0.25, -0.2) is 0 Å². The minimum absolute atomic E-state index is 0.203. The largest absolute Gasteiger partial charge is 0.348 e. The minimum Gasteiger partial charge on any atom is -0.348 e. The molecule has 2 rings (SSSR count). The molecule has 1 heterocycles. The third kappa shape index (κ3) is 3.41. The Bertz CT molecular complexity index is 395. The molecular formula is C14H17BrO2. The van der Waals surface area contributed by atoms with Crippen LogP contribution in [-0.2, 0) is 9.47 Å². The first-order valence-electron chi connectivity index (χ1n) is 6.00. The molecule has 0 spiro atoms. The molecule has 0 amide bonds. The van der Waals surface area contributed by atoms with Crippen molar-refractivity contribution in [2.24, 2.45) is 0 Å². The molecule has 3 heteroatoms. The summed E-state index contributed by atoms with van der Waals surface area (Å²) in [6.07, 6.45) is 6.08. The third-order valence-corrected chi connectivity index (χ3v) is 3.37. The smallest absolute Gasteiger partial charge is 0.183 e. The van der Waals surface area contributed by atoms with Crippen molar-refractivity contribution >= 4 is 22.0 Å². The number of rotatable bonds is 3. The van der Waals surface area contributed by atoms with Gasteiger partial charge < -0.3 is 9.47 Å². The second kappa shape index (κ2) is 6.34. The predicted octanol–water partition coefficient (Wildman–Crippen LogP) is 4.31. The summed E-state index contributed by atoms with van der Waals surface area (Å²) in [5.74, 6) is 0. The normalized spacial score (nSPS) is 17.8. The highest BCUT2D eigenvalue weighted by Gasteiger charge is 2.16. The molecule has 1 aromatic rings. The molecule has 0 N–H and O–H groups in total. The molecule has 0 radical (unpaired) electrons. The van der Waals surface area contributed by atoms with Crippen LogP contribution in [0.5, 0.6) is 0 Å². The minimum atomic E-state index is -0.203. The van der Waals surface area contributed by atoms with E-state index in [4.69, 9.17) is 9.47 Å². The summed E-state index contributed by atoms with van der Waals surface area (Å²) in [7, 11) is 0. The van der Waals surface area contributed by atoms with Crippen LogP contribution >= 0.6 is 15.9 Å². The fourth-order valence-electron chi connectivity index (χ4n) is 1.76. The van der Waals surface area contributed by atoms with Crippen LogP contribution in [0, 0.1) is 0 Å². The van der Waals surface area contributed by atoms with Crippen molar-refractivity contribution in [1.82, 2.24) is 0 Å². The molecule has 0 unspecified atom stereocenters. The molecular weight excluding hydrogens is 280 g/mol. The molecule has 1 aliphatic heterocycles. The van der Waals surface area contributed by atoms with Crippen LogP contribution in [0.4, 0.5) is 0 Å². The van der Waals surface area contributed by atoms with Crippen molar-refractivity contribution in [3.63, 3.8) is 0 Å². The highest BCUT2D eigenvalue weighted by molar-refractivity contribution is 9.10. The second-order valence-electron chi connectivity index (χ2n) is 4.02. The molecule has 0 aliphatic carbocycles. The Balaban J connectivity index is 2.20. The van der Waals surface area contributed by atoms with E-state index in [1.807, 2.05) is 12.1 Å². The lowest BCUT2D eigenvalue weighted by Gasteiger charge is -2.23. The molecule has 17 heavy (non-hydrogen) atoms. The fourth-order valence-corrected chi connectivity index (χ4v) is 2.14. The summed E-state index contributed by atoms with van der Waals surface area (Å²) < 4.78 is 12.3. The van der Waals surface area contributed by atoms with Gasteiger partial charge >= 0.3 is 0 Å². The number of ether oxygens (including phenoxy) is 2. The van der Waals surface area contributed by atoms with E-state index < -0.39 is 0 Å². The van der Waals surface area contributed by atoms with Crippen LogP contribution in [-0.4, -0.2) is 13.2 Å². The maximum absolute atomic E-state index is 5.60. The van der Waals surface area contributed by atoms with E-state index in [0.717, 1.165) is 36.1 Å². The molecule has 0 atom stereocenters. The van der Waals surface area contributed by atoms with Crippen molar-refractivity contribution in [1.29, 1.82) is 0 Å². The number of hydrogen-bond acceptors (Lipinski definition) is 2. The monoisotopic (exact) mass is 296 g/mol. The Morgan fingerprint density at radius 2 is 2.12 bits per heavy atom. The van der Waals surface area contributed by atoms with Gasteiger partial charge in [0.25, 0.3) is 0 Å². The molecule has 0 aromatic heterocycles. The van der Waals surface area contributed by atoms with Gasteiger partial charge in [-0.05, 0) is 30.5 Å². The Labute approximate surface area is 111 Å². The second-order valence-corrected chi connectivity index (χ2v) is 4.87. The first kappa shape index (κ1) is 12.8. The lowest BCUT2D eigenvalue weighted by molar-refractivity contribution is -0.183. The lowest BCUT2D eigenvalue weighted by atomic mass is 10.1. The van der Waals surface area contributed by atoms with E-state index in [1.54, 1.807) is 0 Å². The fraction of sp³-hybridized carbons (Fsp3) is 0.429. The van der Waals surface area contributed by atoms with Gasteiger partial charge in [0.2, 0.25) is 0 Å². The highest BCUT2D eigenvalue weighted by Crippen LogP contribution is 2.27. The number of benzene rings is 1. The average Bonchev–Trinajstić information content (AvgIpc) is 2.39. The van der Waals surface area contributed by atoms with Crippen molar-refractivity contribution in [3.05, 3.63) is 39.9 Å². The summed E-state index contributed by atoms with van der Waals surface area (Å²) in [5.41, 5.74) is 2.26. The Morgan fingerprint density at radius 1 is 1.35 bits per heavy atom. The van der Waals surface area contributed by atoms with Crippen molar-refractivity contribution in [2.45, 2.75) is 26.1 Å². The standard InChI is InChI=1S/C14H17BrO2/c1-2-3-5-11-10-12(6-7-13(11)15)14-16-8-4-9-17-14/h3,5-7,10,14H,2,4,8-9H2,1H3. The molecule has 1 saturated heterocycles. The van der Waals surface area contributed by atoms with Crippen LogP contribution in [0.3, 0.4) is 0 Å². The van der Waals surface area contributed by atoms with Gasteiger partial charge in [-0.1, -0.05) is 41.1 Å². The first-order chi connectivity index (χ1) is 8.31. The summed E-state index contributed by atoms with van der Waals surface area (Å²) in [4.78, 5) is 0. The number of allylic oxidation sites excluding steroid dienone is 1. The molecule has 1 aliphatic rings. The maximum atomic E-state index is 5.60. The topological polar surface area (TPSA) is 18.5 Å². The van der Waals surface area contributed by atoms with E-state index >= 15 is 0 Å². The first-order valence-corrected chi connectivity index (χ1v) is 6.79. The quantitative estimate of drug-likeness (QED) is 0.827. The van der Waals surface area contributed by atoms with Crippen molar-refractivity contribution in [2.75, 3.05) is 13.2 Å². The Morgan fingerprint density at radius 3 is 2.82 bits per heavy atom. The molecule has 0 bridgehead atoms. The molecule has 0 saturated carbocycles. The lowest BCUT2D eigenvalue weighted by Crippen LogP contribution is -2.17. The molecule has 92 valence electrons. The summed E-state index contributed by atoms with van der Waals surface area (Å²) in [6.45, 7) is 3.68. The van der Waals surface area contributed by atoms with Gasteiger partial charge in [-0.2, -0.15) is 0 Å². The summed E-state index contributed by atoms with van der Waals surface area (Å²) in [5, 5.41) is 0. The van der Waals surface area contributed by atoms with Crippen molar-refractivity contribution in [3.8, 4) is 0 Å².